The average molecular weight is 193 g/mol. The van der Waals surface area contributed by atoms with Gasteiger partial charge in [-0.3, -0.25) is 0 Å². The van der Waals surface area contributed by atoms with Crippen molar-refractivity contribution in [1.82, 2.24) is 10.2 Å². The fourth-order valence-corrected chi connectivity index (χ4v) is 1.91. The Balaban J connectivity index is 3.09. The zero-order valence-corrected chi connectivity index (χ0v) is 7.44. The van der Waals surface area contributed by atoms with Crippen LogP contribution in [0.3, 0.4) is 0 Å². The lowest BCUT2D eigenvalue weighted by Crippen LogP contribution is -2.11. The Hall–Kier alpha value is -0.530. The van der Waals surface area contributed by atoms with Crippen LogP contribution in [0.5, 0.6) is 0 Å². The number of aromatic nitrogens is 2. The van der Waals surface area contributed by atoms with Gasteiger partial charge in [0.25, 0.3) is 10.0 Å². The summed E-state index contributed by atoms with van der Waals surface area (Å²) in [5, 5.41) is 12.5. The van der Waals surface area contributed by atoms with Crippen molar-refractivity contribution in [2.45, 2.75) is 17.7 Å². The first-order valence-corrected chi connectivity index (χ1v) is 5.25. The van der Waals surface area contributed by atoms with Crippen LogP contribution in [0.25, 0.3) is 0 Å². The third-order valence-electron chi connectivity index (χ3n) is 0.994. The van der Waals surface area contributed by atoms with Crippen molar-refractivity contribution in [1.29, 1.82) is 0 Å². The van der Waals surface area contributed by atoms with Gasteiger partial charge < -0.3 is 0 Å². The normalized spacial score (nSPS) is 11.8. The van der Waals surface area contributed by atoms with Gasteiger partial charge in [-0.15, -0.1) is 10.2 Å². The zero-order valence-electron chi connectivity index (χ0n) is 5.81. The Morgan fingerprint density at radius 3 is 2.45 bits per heavy atom. The molecule has 0 saturated carbocycles. The van der Waals surface area contributed by atoms with E-state index in [4.69, 9.17) is 5.14 Å². The Morgan fingerprint density at radius 2 is 2.18 bits per heavy atom. The van der Waals surface area contributed by atoms with Gasteiger partial charge in [-0.2, -0.15) is 0 Å². The summed E-state index contributed by atoms with van der Waals surface area (Å²) in [5.41, 5.74) is 0. The number of primary sulfonamides is 1. The number of sulfonamides is 1. The number of nitrogens with two attached hydrogens (primary N) is 1. The summed E-state index contributed by atoms with van der Waals surface area (Å²) >= 11 is 1.00. The third kappa shape index (κ3) is 1.95. The summed E-state index contributed by atoms with van der Waals surface area (Å²) in [4.78, 5) is 0. The van der Waals surface area contributed by atoms with Gasteiger partial charge >= 0.3 is 0 Å². The number of hydrogen-bond donors (Lipinski definition) is 1. The monoisotopic (exact) mass is 193 g/mol. The SMILES string of the molecule is CCc1nnc(S(N)(=O)=O)s1. The van der Waals surface area contributed by atoms with Crippen LogP contribution in [0.4, 0.5) is 0 Å². The van der Waals surface area contributed by atoms with E-state index in [1.54, 1.807) is 0 Å². The number of aryl methyl sites for hydroxylation is 1. The molecule has 0 fully saturated rings. The topological polar surface area (TPSA) is 85.9 Å². The summed E-state index contributed by atoms with van der Waals surface area (Å²) < 4.78 is 21.2. The minimum Gasteiger partial charge on any atom is -0.223 e. The molecule has 0 aliphatic heterocycles. The number of nitrogens with zero attached hydrogens (tertiary/aromatic N) is 2. The molecule has 2 N–H and O–H groups in total. The molecule has 0 atom stereocenters. The molecule has 0 unspecified atom stereocenters. The maximum atomic E-state index is 10.6. The van der Waals surface area contributed by atoms with Crippen molar-refractivity contribution in [2.24, 2.45) is 5.14 Å². The Kier molecular flexibility index (Phi) is 2.21. The highest BCUT2D eigenvalue weighted by molar-refractivity contribution is 7.91. The summed E-state index contributed by atoms with van der Waals surface area (Å²) in [6.07, 6.45) is 0.674. The molecule has 0 aliphatic carbocycles. The van der Waals surface area contributed by atoms with Gasteiger partial charge in [0.05, 0.1) is 0 Å². The van der Waals surface area contributed by atoms with Crippen LogP contribution in [0, 0.1) is 0 Å². The maximum Gasteiger partial charge on any atom is 0.267 e. The highest BCUT2D eigenvalue weighted by Gasteiger charge is 2.13. The largest absolute Gasteiger partial charge is 0.267 e. The van der Waals surface area contributed by atoms with Crippen molar-refractivity contribution >= 4 is 21.4 Å². The van der Waals surface area contributed by atoms with Gasteiger partial charge in [0.1, 0.15) is 5.01 Å². The van der Waals surface area contributed by atoms with E-state index in [2.05, 4.69) is 10.2 Å². The molecule has 1 aromatic rings. The lowest BCUT2D eigenvalue weighted by atomic mass is 10.5. The molecule has 62 valence electrons. The molecule has 0 aliphatic rings. The molecular weight excluding hydrogens is 186 g/mol. The molecule has 7 heteroatoms. The van der Waals surface area contributed by atoms with E-state index in [1.165, 1.54) is 0 Å². The smallest absolute Gasteiger partial charge is 0.223 e. The molecule has 1 heterocycles. The van der Waals surface area contributed by atoms with Gasteiger partial charge in [-0.05, 0) is 6.42 Å². The predicted molar refractivity (Wildman–Crippen MR) is 40.7 cm³/mol. The summed E-state index contributed by atoms with van der Waals surface area (Å²) in [5.74, 6) is 0. The summed E-state index contributed by atoms with van der Waals surface area (Å²) in [7, 11) is -3.65. The second-order valence-electron chi connectivity index (χ2n) is 1.86. The van der Waals surface area contributed by atoms with Crippen LogP contribution in [-0.4, -0.2) is 18.6 Å². The van der Waals surface area contributed by atoms with Crippen molar-refractivity contribution in [2.75, 3.05) is 0 Å². The molecule has 5 nitrogen and oxygen atoms in total. The molecule has 11 heavy (non-hydrogen) atoms. The Labute approximate surface area is 68.3 Å². The predicted octanol–water partition coefficient (Wildman–Crippen LogP) is -0.252. The third-order valence-corrected chi connectivity index (χ3v) is 3.37. The van der Waals surface area contributed by atoms with Crippen molar-refractivity contribution in [3.05, 3.63) is 5.01 Å². The van der Waals surface area contributed by atoms with E-state index >= 15 is 0 Å². The maximum absolute atomic E-state index is 10.6. The van der Waals surface area contributed by atoms with Gasteiger partial charge in [0, 0.05) is 0 Å². The van der Waals surface area contributed by atoms with Crippen LogP contribution in [0.1, 0.15) is 11.9 Å². The second-order valence-corrected chi connectivity index (χ2v) is 4.66. The summed E-state index contributed by atoms with van der Waals surface area (Å²) in [6.45, 7) is 1.87. The Morgan fingerprint density at radius 1 is 1.55 bits per heavy atom. The minimum atomic E-state index is -3.65. The van der Waals surface area contributed by atoms with Crippen LogP contribution in [-0.2, 0) is 16.4 Å². The number of hydrogen-bond acceptors (Lipinski definition) is 5. The lowest BCUT2D eigenvalue weighted by molar-refractivity contribution is 0.595. The zero-order chi connectivity index (χ0) is 8.48. The first-order valence-electron chi connectivity index (χ1n) is 2.89. The van der Waals surface area contributed by atoms with Crippen molar-refractivity contribution in [3.63, 3.8) is 0 Å². The second kappa shape index (κ2) is 2.84. The van der Waals surface area contributed by atoms with Crippen LogP contribution >= 0.6 is 11.3 Å². The van der Waals surface area contributed by atoms with Crippen LogP contribution < -0.4 is 5.14 Å². The number of rotatable bonds is 2. The molecule has 0 radical (unpaired) electrons. The van der Waals surface area contributed by atoms with Crippen molar-refractivity contribution < 1.29 is 8.42 Å². The fourth-order valence-electron chi connectivity index (χ4n) is 0.496. The molecular formula is C4H7N3O2S2. The first kappa shape index (κ1) is 8.57. The van der Waals surface area contributed by atoms with Crippen LogP contribution in [0.2, 0.25) is 0 Å². The van der Waals surface area contributed by atoms with E-state index in [1.807, 2.05) is 6.92 Å². The molecule has 0 saturated heterocycles. The van der Waals surface area contributed by atoms with E-state index in [-0.39, 0.29) is 4.34 Å². The Bertz CT molecular complexity index is 342. The molecule has 0 bridgehead atoms. The minimum absolute atomic E-state index is 0.116. The highest BCUT2D eigenvalue weighted by atomic mass is 32.2. The van der Waals surface area contributed by atoms with E-state index in [0.717, 1.165) is 11.3 Å². The fraction of sp³-hybridized carbons (Fsp3) is 0.500. The average Bonchev–Trinajstić information content (AvgIpc) is 2.32. The summed E-state index contributed by atoms with van der Waals surface area (Å²) in [6, 6.07) is 0. The molecule has 0 amide bonds. The van der Waals surface area contributed by atoms with E-state index in [0.29, 0.717) is 11.4 Å². The van der Waals surface area contributed by atoms with Gasteiger partial charge in [0.15, 0.2) is 0 Å². The van der Waals surface area contributed by atoms with Crippen LogP contribution in [0.15, 0.2) is 4.34 Å². The molecule has 1 aromatic heterocycles. The van der Waals surface area contributed by atoms with Gasteiger partial charge in [0.2, 0.25) is 4.34 Å². The van der Waals surface area contributed by atoms with Crippen molar-refractivity contribution in [3.8, 4) is 0 Å². The van der Waals surface area contributed by atoms with E-state index in [9.17, 15) is 8.42 Å². The molecule has 1 rings (SSSR count). The first-order chi connectivity index (χ1) is 5.04. The standard InChI is InChI=1S/C4H7N3O2S2/c1-2-3-6-7-4(10-3)11(5,8)9/h2H2,1H3,(H2,5,8,9). The van der Waals surface area contributed by atoms with E-state index < -0.39 is 10.0 Å². The van der Waals surface area contributed by atoms with Gasteiger partial charge in [-0.1, -0.05) is 18.3 Å². The lowest BCUT2D eigenvalue weighted by Gasteiger charge is -1.84. The molecule has 0 aromatic carbocycles. The van der Waals surface area contributed by atoms with Gasteiger partial charge in [-0.25, -0.2) is 13.6 Å². The quantitative estimate of drug-likeness (QED) is 0.701. The highest BCUT2D eigenvalue weighted by Crippen LogP contribution is 2.13. The molecule has 0 spiro atoms.